The Hall–Kier alpha value is -9.05. The van der Waals surface area contributed by atoms with Gasteiger partial charge in [0.15, 0.2) is 0 Å². The number of rotatable bonds is 31. The van der Waals surface area contributed by atoms with Crippen molar-refractivity contribution in [2.45, 2.75) is 224 Å². The molecule has 3 heterocycles. The molecular weight excluding hydrogens is 1320 g/mol. The number of nitrogens with two attached hydrogens (primary N) is 3. The van der Waals surface area contributed by atoms with E-state index in [0.717, 1.165) is 6.42 Å². The lowest BCUT2D eigenvalue weighted by Crippen LogP contribution is -2.62. The number of H-pyrrole nitrogens is 1. The quantitative estimate of drug-likeness (QED) is 0.0401. The molecule has 6 unspecified atom stereocenters. The zero-order valence-electron chi connectivity index (χ0n) is 58.2. The Morgan fingerprint density at radius 2 is 1.26 bits per heavy atom. The van der Waals surface area contributed by atoms with Gasteiger partial charge in [-0.3, -0.25) is 72.1 Å². The number of aliphatic imine (C=N–C) groups is 1. The SMILES string of the molecule is CCC(C)C(N)C1=NC(C(=O)N[C@@H](CC(C)C)C(=O)N[C@H](CCC(=O)O)C(=O)N[C@H](C(=O)N[C@H]2CCCCNC(=O)C(CC(N)=O)NC(=O)[C@@H](CC(=O)O)NC(=O)C(Cc3cnc[nH]3)NC(=O)[C@@H](Cc3ccccc3)NC(=O)C([C@@H](C)CC)NC(=O)[C@@H](CCCN)NC2=O)[C@@H](C)CC)CS1. The fourth-order valence-corrected chi connectivity index (χ4v) is 12.0. The van der Waals surface area contributed by atoms with Crippen molar-refractivity contribution in [2.24, 2.45) is 45.9 Å². The predicted octanol–water partition coefficient (Wildman–Crippen LogP) is -1.68. The van der Waals surface area contributed by atoms with E-state index in [-0.39, 0.29) is 94.9 Å². The summed E-state index contributed by atoms with van der Waals surface area (Å²) in [6.45, 7) is 14.1. The Kier molecular flexibility index (Phi) is 35.1. The van der Waals surface area contributed by atoms with Crippen LogP contribution in [0.3, 0.4) is 0 Å². The van der Waals surface area contributed by atoms with Crippen molar-refractivity contribution in [1.82, 2.24) is 68.5 Å². The van der Waals surface area contributed by atoms with Crippen LogP contribution in [0.5, 0.6) is 0 Å². The third kappa shape index (κ3) is 27.6. The van der Waals surface area contributed by atoms with E-state index in [1.807, 2.05) is 27.7 Å². The highest BCUT2D eigenvalue weighted by molar-refractivity contribution is 8.14. The van der Waals surface area contributed by atoms with Crippen molar-refractivity contribution in [3.63, 3.8) is 0 Å². The summed E-state index contributed by atoms with van der Waals surface area (Å²) in [5, 5.41) is 49.1. The predicted molar refractivity (Wildman–Crippen MR) is 369 cm³/mol. The number of imidazole rings is 1. The van der Waals surface area contributed by atoms with Gasteiger partial charge in [0.2, 0.25) is 70.9 Å². The molecule has 1 aromatic heterocycles. The van der Waals surface area contributed by atoms with Crippen molar-refractivity contribution >= 4 is 99.6 Å². The number of carbonyl (C=O) groups is 14. The van der Waals surface area contributed by atoms with E-state index >= 15 is 0 Å². The number of carboxylic acid groups (broad SMARTS) is 2. The van der Waals surface area contributed by atoms with Gasteiger partial charge in [0.25, 0.3) is 0 Å². The molecule has 20 N–H and O–H groups in total. The molecule has 100 heavy (non-hydrogen) atoms. The number of aromatic amines is 1. The van der Waals surface area contributed by atoms with Gasteiger partial charge in [-0.1, -0.05) is 105 Å². The number of nitrogens with one attached hydrogen (secondary N) is 12. The first-order valence-corrected chi connectivity index (χ1v) is 35.1. The van der Waals surface area contributed by atoms with Gasteiger partial charge in [-0.05, 0) is 80.7 Å². The number of aromatic nitrogens is 2. The van der Waals surface area contributed by atoms with E-state index in [0.29, 0.717) is 16.3 Å². The lowest BCUT2D eigenvalue weighted by molar-refractivity contribution is -0.142. The van der Waals surface area contributed by atoms with E-state index in [1.165, 1.54) is 24.3 Å². The van der Waals surface area contributed by atoms with Crippen molar-refractivity contribution in [1.29, 1.82) is 0 Å². The van der Waals surface area contributed by atoms with Crippen LogP contribution in [0, 0.1) is 23.7 Å². The van der Waals surface area contributed by atoms with E-state index in [9.17, 15) is 77.3 Å². The molecule has 0 saturated carbocycles. The Morgan fingerprint density at radius 1 is 0.660 bits per heavy atom. The largest absolute Gasteiger partial charge is 0.481 e. The average Bonchev–Trinajstić information content (AvgIpc) is 1.37. The number of nitrogens with zero attached hydrogens (tertiary/aromatic N) is 2. The van der Waals surface area contributed by atoms with Crippen molar-refractivity contribution in [2.75, 3.05) is 18.8 Å². The van der Waals surface area contributed by atoms with Crippen LogP contribution in [0.2, 0.25) is 0 Å². The monoisotopic (exact) mass is 1420 g/mol. The third-order valence-electron chi connectivity index (χ3n) is 17.5. The summed E-state index contributed by atoms with van der Waals surface area (Å²) >= 11 is 1.35. The van der Waals surface area contributed by atoms with Crippen LogP contribution in [0.15, 0.2) is 47.8 Å². The number of thioether (sulfide) groups is 1. The van der Waals surface area contributed by atoms with Crippen LogP contribution in [0.25, 0.3) is 0 Å². The van der Waals surface area contributed by atoms with Gasteiger partial charge < -0.3 is 90.9 Å². The Balaban J connectivity index is 1.77. The zero-order valence-corrected chi connectivity index (χ0v) is 59.0. The van der Waals surface area contributed by atoms with Gasteiger partial charge in [-0.25, -0.2) is 4.98 Å². The number of hydrogen-bond acceptors (Lipinski definition) is 19. The number of amides is 12. The van der Waals surface area contributed by atoms with Gasteiger partial charge in [-0.15, -0.1) is 11.8 Å². The molecule has 1 saturated heterocycles. The number of primary amides is 1. The molecule has 0 aliphatic carbocycles. The minimum atomic E-state index is -1.94. The number of aliphatic carboxylic acids is 2. The van der Waals surface area contributed by atoms with Gasteiger partial charge in [0.1, 0.15) is 66.5 Å². The standard InChI is InChI=1S/C66H103N17O16S/c1-9-35(6)52(69)66-81-48(32-100-66)63(97)76-43(26-34(4)5)59(93)74-42(22-23-50(85)86)58(92)83-53(36(7)10-2)64(98)75-40-20-15-16-25-71-55(89)46(29-49(68)84)78-62(96)47(30-51(87)88)79-61(95)45(28-39-31-70-33-72-39)77-60(94)44(27-38-18-13-12-14-19-38)80-65(99)54(37(8)11-3)82-57(91)41(21-17-24-67)73-56(40)90/h12-14,18-19,31,33-37,40-48,52-54H,9-11,15-17,20-30,32,67,69H2,1-8H3,(H2,68,84)(H,70,72)(H,71,89)(H,73,90)(H,74,93)(H,75,98)(H,76,97)(H,77,94)(H,78,96)(H,79,95)(H,80,99)(H,82,91)(H,83,92)(H,85,86)(H,87,88)/t35?,36-,37-,40-,41+,42+,43-,44+,45?,46?,47+,48?,52?,53-,54?/m0/s1. The summed E-state index contributed by atoms with van der Waals surface area (Å²) in [7, 11) is 0. The maximum absolute atomic E-state index is 14.9. The van der Waals surface area contributed by atoms with Gasteiger partial charge in [-0.2, -0.15) is 0 Å². The zero-order chi connectivity index (χ0) is 74.3. The Labute approximate surface area is 586 Å². The molecule has 1 aromatic carbocycles. The molecule has 0 bridgehead atoms. The fourth-order valence-electron chi connectivity index (χ4n) is 10.9. The summed E-state index contributed by atoms with van der Waals surface area (Å²) in [5.74, 6) is -15.4. The van der Waals surface area contributed by atoms with E-state index in [2.05, 4.69) is 73.4 Å². The van der Waals surface area contributed by atoms with Gasteiger partial charge in [0.05, 0.1) is 30.3 Å². The highest BCUT2D eigenvalue weighted by atomic mass is 32.2. The fraction of sp³-hybridized carbons (Fsp3) is 0.636. The Bertz CT molecular complexity index is 3160. The molecule has 33 nitrogen and oxygen atoms in total. The highest BCUT2D eigenvalue weighted by Crippen LogP contribution is 2.25. The lowest BCUT2D eigenvalue weighted by atomic mass is 9.96. The summed E-state index contributed by atoms with van der Waals surface area (Å²) in [6.07, 6.45) is 0.368. The molecule has 4 rings (SSSR count). The number of carboxylic acids is 2. The topological polar surface area (TPSA) is 531 Å². The van der Waals surface area contributed by atoms with Crippen LogP contribution in [-0.2, 0) is 80.0 Å². The summed E-state index contributed by atoms with van der Waals surface area (Å²) in [5.41, 5.74) is 18.7. The maximum Gasteiger partial charge on any atom is 0.305 e. The molecule has 2 aliphatic heterocycles. The van der Waals surface area contributed by atoms with Gasteiger partial charge in [0, 0.05) is 43.5 Å². The van der Waals surface area contributed by atoms with E-state index in [4.69, 9.17) is 17.2 Å². The molecule has 1 fully saturated rings. The first kappa shape index (κ1) is 83.4. The number of benzene rings is 1. The van der Waals surface area contributed by atoms with Crippen molar-refractivity contribution < 1.29 is 77.3 Å². The maximum atomic E-state index is 14.9. The third-order valence-corrected chi connectivity index (χ3v) is 18.6. The second-order valence-corrected chi connectivity index (χ2v) is 27.0. The number of hydrogen-bond donors (Lipinski definition) is 17. The highest BCUT2D eigenvalue weighted by Gasteiger charge is 2.40. The molecule has 2 aliphatic rings. The molecule has 2 aromatic rings. The Morgan fingerprint density at radius 3 is 1.85 bits per heavy atom. The molecule has 0 spiro atoms. The first-order valence-electron chi connectivity index (χ1n) is 34.1. The second kappa shape index (κ2) is 42.1. The summed E-state index contributed by atoms with van der Waals surface area (Å²) in [6, 6.07) is -8.34. The first-order chi connectivity index (χ1) is 47.4. The van der Waals surface area contributed by atoms with Crippen LogP contribution in [0.1, 0.15) is 150 Å². The average molecular weight is 1420 g/mol. The summed E-state index contributed by atoms with van der Waals surface area (Å²) < 4.78 is 0. The molecular formula is C66H103N17O16S. The minimum Gasteiger partial charge on any atom is -0.481 e. The minimum absolute atomic E-state index is 0.00117. The molecule has 554 valence electrons. The molecule has 15 atom stereocenters. The molecule has 34 heteroatoms. The van der Waals surface area contributed by atoms with Crippen LogP contribution in [0.4, 0.5) is 0 Å². The molecule has 0 radical (unpaired) electrons. The van der Waals surface area contributed by atoms with Crippen LogP contribution < -0.4 is 75.7 Å². The number of carbonyl (C=O) groups excluding carboxylic acids is 12. The normalized spacial score (nSPS) is 23.1. The summed E-state index contributed by atoms with van der Waals surface area (Å²) in [4.78, 5) is 207. The van der Waals surface area contributed by atoms with Crippen LogP contribution >= 0.6 is 11.8 Å². The smallest absolute Gasteiger partial charge is 0.305 e. The van der Waals surface area contributed by atoms with Crippen molar-refractivity contribution in [3.8, 4) is 0 Å². The lowest BCUT2D eigenvalue weighted by Gasteiger charge is -2.30. The van der Waals surface area contributed by atoms with E-state index < -0.39 is 193 Å². The van der Waals surface area contributed by atoms with Gasteiger partial charge >= 0.3 is 11.9 Å². The van der Waals surface area contributed by atoms with Crippen LogP contribution in [-0.4, -0.2) is 199 Å². The van der Waals surface area contributed by atoms with Crippen molar-refractivity contribution in [3.05, 3.63) is 54.1 Å². The second-order valence-electron chi connectivity index (χ2n) is 26.0. The van der Waals surface area contributed by atoms with E-state index in [1.54, 1.807) is 58.0 Å². The molecule has 12 amide bonds.